The maximum Gasteiger partial charge on any atom is 0.350 e. The van der Waals surface area contributed by atoms with Crippen LogP contribution in [0.15, 0.2) is 47.5 Å². The Balaban J connectivity index is 2.01. The van der Waals surface area contributed by atoms with Gasteiger partial charge in [0.05, 0.1) is 12.2 Å². The molecule has 0 saturated carbocycles. The topological polar surface area (TPSA) is 78.2 Å². The molecule has 6 nitrogen and oxygen atoms in total. The van der Waals surface area contributed by atoms with Gasteiger partial charge < -0.3 is 5.73 Å². The van der Waals surface area contributed by atoms with Gasteiger partial charge in [-0.05, 0) is 29.8 Å². The third-order valence-corrected chi connectivity index (χ3v) is 3.11. The Morgan fingerprint density at radius 3 is 2.95 bits per heavy atom. The second-order valence-corrected chi connectivity index (χ2v) is 4.72. The lowest BCUT2D eigenvalue weighted by molar-refractivity contribution is 0.658. The number of pyridine rings is 2. The van der Waals surface area contributed by atoms with Gasteiger partial charge >= 0.3 is 5.69 Å². The first kappa shape index (κ1) is 12.5. The summed E-state index contributed by atoms with van der Waals surface area (Å²) in [6, 6.07) is 8.98. The van der Waals surface area contributed by atoms with Crippen molar-refractivity contribution in [3.63, 3.8) is 0 Å². The highest BCUT2D eigenvalue weighted by Crippen LogP contribution is 2.04. The van der Waals surface area contributed by atoms with Crippen LogP contribution in [0.2, 0.25) is 0 Å². The molecule has 3 rings (SSSR count). The molecule has 0 aliphatic rings. The molecule has 0 atom stereocenters. The predicted molar refractivity (Wildman–Crippen MR) is 78.7 cm³/mol. The molecule has 0 aliphatic carbocycles. The average Bonchev–Trinajstić information content (AvgIpc) is 2.76. The maximum atomic E-state index is 12.1. The van der Waals surface area contributed by atoms with Crippen LogP contribution < -0.4 is 11.4 Å². The zero-order valence-corrected chi connectivity index (χ0v) is 11.2. The highest BCUT2D eigenvalue weighted by Gasteiger charge is 2.07. The molecule has 2 N–H and O–H groups in total. The van der Waals surface area contributed by atoms with Crippen LogP contribution in [0.4, 0.5) is 0 Å². The van der Waals surface area contributed by atoms with Crippen molar-refractivity contribution in [1.29, 1.82) is 0 Å². The lowest BCUT2D eigenvalue weighted by Gasteiger charge is -2.02. The van der Waals surface area contributed by atoms with Crippen molar-refractivity contribution < 1.29 is 0 Å². The van der Waals surface area contributed by atoms with E-state index in [2.05, 4.69) is 10.1 Å². The van der Waals surface area contributed by atoms with Gasteiger partial charge in [0.2, 0.25) is 0 Å². The van der Waals surface area contributed by atoms with Crippen LogP contribution in [-0.2, 0) is 6.54 Å². The van der Waals surface area contributed by atoms with E-state index in [9.17, 15) is 4.79 Å². The van der Waals surface area contributed by atoms with Gasteiger partial charge in [-0.2, -0.15) is 0 Å². The monoisotopic (exact) mass is 285 g/mol. The number of nitrogens with two attached hydrogens (primary N) is 1. The van der Waals surface area contributed by atoms with E-state index in [-0.39, 0.29) is 10.7 Å². The summed E-state index contributed by atoms with van der Waals surface area (Å²) in [4.78, 5) is 16.4. The van der Waals surface area contributed by atoms with Gasteiger partial charge in [-0.25, -0.2) is 9.48 Å². The third-order valence-electron chi connectivity index (χ3n) is 2.90. The van der Waals surface area contributed by atoms with Crippen molar-refractivity contribution in [2.24, 2.45) is 5.73 Å². The minimum Gasteiger partial charge on any atom is -0.388 e. The number of hydrogen-bond donors (Lipinski definition) is 1. The van der Waals surface area contributed by atoms with Crippen molar-refractivity contribution >= 4 is 22.9 Å². The summed E-state index contributed by atoms with van der Waals surface area (Å²) >= 11 is 4.89. The lowest BCUT2D eigenvalue weighted by atomic mass is 10.2. The molecule has 7 heteroatoms. The fourth-order valence-electron chi connectivity index (χ4n) is 1.95. The second kappa shape index (κ2) is 4.86. The molecular formula is C13H11N5OS. The summed E-state index contributed by atoms with van der Waals surface area (Å²) < 4.78 is 2.89. The Morgan fingerprint density at radius 1 is 1.35 bits per heavy atom. The number of thiocarbonyl (C=S) groups is 1. The Labute approximate surface area is 119 Å². The van der Waals surface area contributed by atoms with E-state index in [1.165, 1.54) is 9.08 Å². The molecule has 3 aromatic heterocycles. The molecule has 0 saturated heterocycles. The molecule has 0 bridgehead atoms. The van der Waals surface area contributed by atoms with Crippen molar-refractivity contribution in [2.75, 3.05) is 0 Å². The van der Waals surface area contributed by atoms with Gasteiger partial charge in [-0.1, -0.05) is 18.3 Å². The van der Waals surface area contributed by atoms with Gasteiger partial charge in [0.15, 0.2) is 5.65 Å². The maximum absolute atomic E-state index is 12.1. The van der Waals surface area contributed by atoms with Crippen LogP contribution in [0.5, 0.6) is 0 Å². The predicted octanol–water partition coefficient (Wildman–Crippen LogP) is 0.573. The van der Waals surface area contributed by atoms with E-state index in [1.54, 1.807) is 36.7 Å². The van der Waals surface area contributed by atoms with Gasteiger partial charge in [-0.3, -0.25) is 9.38 Å². The highest BCUT2D eigenvalue weighted by molar-refractivity contribution is 7.80. The normalized spacial score (nSPS) is 10.8. The van der Waals surface area contributed by atoms with E-state index in [0.717, 1.165) is 5.56 Å². The summed E-state index contributed by atoms with van der Waals surface area (Å²) in [6.07, 6.45) is 3.30. The van der Waals surface area contributed by atoms with Gasteiger partial charge in [0, 0.05) is 12.4 Å². The van der Waals surface area contributed by atoms with E-state index in [4.69, 9.17) is 18.0 Å². The van der Waals surface area contributed by atoms with Crippen LogP contribution in [0.3, 0.4) is 0 Å². The molecule has 0 spiro atoms. The second-order valence-electron chi connectivity index (χ2n) is 4.28. The third kappa shape index (κ3) is 2.19. The van der Waals surface area contributed by atoms with Crippen molar-refractivity contribution in [2.45, 2.75) is 6.54 Å². The Morgan fingerprint density at radius 2 is 2.20 bits per heavy atom. The number of rotatable bonds is 3. The fraction of sp³-hybridized carbons (Fsp3) is 0.0769. The largest absolute Gasteiger partial charge is 0.388 e. The molecule has 20 heavy (non-hydrogen) atoms. The van der Waals surface area contributed by atoms with E-state index < -0.39 is 0 Å². The van der Waals surface area contributed by atoms with E-state index in [1.807, 2.05) is 6.07 Å². The lowest BCUT2D eigenvalue weighted by Crippen LogP contribution is -2.22. The average molecular weight is 285 g/mol. The Kier molecular flexibility index (Phi) is 3.03. The van der Waals surface area contributed by atoms with Crippen molar-refractivity contribution in [3.05, 3.63) is 64.5 Å². The number of nitrogens with zero attached hydrogens (tertiary/aromatic N) is 4. The minimum atomic E-state index is -0.186. The van der Waals surface area contributed by atoms with Crippen molar-refractivity contribution in [3.8, 4) is 0 Å². The first-order chi connectivity index (χ1) is 9.65. The summed E-state index contributed by atoms with van der Waals surface area (Å²) in [5, 5.41) is 4.26. The van der Waals surface area contributed by atoms with E-state index in [0.29, 0.717) is 17.9 Å². The Bertz CT molecular complexity index is 851. The summed E-state index contributed by atoms with van der Waals surface area (Å²) in [6.45, 7) is 0.346. The quantitative estimate of drug-likeness (QED) is 0.712. The molecule has 3 heterocycles. The number of aromatic nitrogens is 4. The molecule has 0 radical (unpaired) electrons. The molecular weight excluding hydrogens is 274 g/mol. The smallest absolute Gasteiger partial charge is 0.350 e. The fourth-order valence-corrected chi connectivity index (χ4v) is 2.06. The molecule has 0 unspecified atom stereocenters. The van der Waals surface area contributed by atoms with Crippen LogP contribution in [0, 0.1) is 0 Å². The van der Waals surface area contributed by atoms with Gasteiger partial charge in [0.25, 0.3) is 0 Å². The van der Waals surface area contributed by atoms with Gasteiger partial charge in [0.1, 0.15) is 4.99 Å². The Hall–Kier alpha value is -2.54. The zero-order chi connectivity index (χ0) is 14.1. The molecule has 100 valence electrons. The molecule has 3 aromatic rings. The van der Waals surface area contributed by atoms with Crippen LogP contribution in [0.1, 0.15) is 11.3 Å². The minimum absolute atomic E-state index is 0.186. The molecule has 0 amide bonds. The van der Waals surface area contributed by atoms with Crippen molar-refractivity contribution in [1.82, 2.24) is 19.2 Å². The molecule has 0 aliphatic heterocycles. The summed E-state index contributed by atoms with van der Waals surface area (Å²) in [5.74, 6) is 0. The number of fused-ring (bicyclic) bond motifs is 1. The first-order valence-electron chi connectivity index (χ1n) is 5.94. The highest BCUT2D eigenvalue weighted by atomic mass is 32.1. The van der Waals surface area contributed by atoms with Gasteiger partial charge in [-0.15, -0.1) is 5.10 Å². The molecule has 0 fully saturated rings. The summed E-state index contributed by atoms with van der Waals surface area (Å²) in [5.41, 5.74) is 7.38. The molecule has 0 aromatic carbocycles. The van der Waals surface area contributed by atoms with Crippen LogP contribution in [-0.4, -0.2) is 24.2 Å². The SMILES string of the molecule is NC(=S)c1cc(Cn2nc3ccccn3c2=O)ccn1. The summed E-state index contributed by atoms with van der Waals surface area (Å²) in [7, 11) is 0. The first-order valence-corrected chi connectivity index (χ1v) is 6.35. The van der Waals surface area contributed by atoms with Crippen LogP contribution >= 0.6 is 12.2 Å². The standard InChI is InChI=1S/C13H11N5OS/c14-12(20)10-7-9(4-5-15-10)8-18-13(19)17-6-2-1-3-11(17)16-18/h1-7H,8H2,(H2,14,20). The van der Waals surface area contributed by atoms with E-state index >= 15 is 0 Å². The number of hydrogen-bond acceptors (Lipinski definition) is 4. The van der Waals surface area contributed by atoms with Crippen LogP contribution in [0.25, 0.3) is 5.65 Å². The zero-order valence-electron chi connectivity index (χ0n) is 10.4.